The number of morpholine rings is 1. The molecule has 290 valence electrons. The quantitative estimate of drug-likeness (QED) is 0.370. The Kier molecular flexibility index (Phi) is 10.4. The van der Waals surface area contributed by atoms with Gasteiger partial charge in [0.1, 0.15) is 11.8 Å². The number of rotatable bonds is 7. The maximum absolute atomic E-state index is 17.1. The number of ketones is 1. The smallest absolute Gasteiger partial charge is 0.407 e. The number of carbonyl (C=O) groups is 3. The molecule has 3 saturated carbocycles. The molecule has 3 aliphatic carbocycles. The molecule has 4 heterocycles. The molecule has 3 saturated heterocycles. The lowest BCUT2D eigenvalue weighted by molar-refractivity contribution is -0.219. The van der Waals surface area contributed by atoms with Gasteiger partial charge in [0.05, 0.1) is 41.9 Å². The van der Waals surface area contributed by atoms with Gasteiger partial charge < -0.3 is 29.9 Å². The number of hydrogen-bond acceptors (Lipinski definition) is 8. The van der Waals surface area contributed by atoms with Gasteiger partial charge in [-0.2, -0.15) is 0 Å². The molecule has 53 heavy (non-hydrogen) atoms. The zero-order chi connectivity index (χ0) is 37.0. The SMILES string of the molecule is CN1CCCC1CCNC(=O)C1=CN2C3CC4CCCCC4CC3OC3C(N4C[C@@H](NC(=O)OC(C)(C)C)[C@H](c5ccccc5)C4)C(F)CC(C1=O)C32. The van der Waals surface area contributed by atoms with E-state index in [1.54, 1.807) is 0 Å². The number of alkyl halides is 1. The fraction of sp³-hybridized carbons (Fsp3) is 0.738. The van der Waals surface area contributed by atoms with Gasteiger partial charge in [0.25, 0.3) is 5.91 Å². The maximum Gasteiger partial charge on any atom is 0.407 e. The molecule has 0 radical (unpaired) electrons. The van der Waals surface area contributed by atoms with E-state index in [0.29, 0.717) is 37.5 Å². The summed E-state index contributed by atoms with van der Waals surface area (Å²) in [7, 11) is 2.13. The van der Waals surface area contributed by atoms with Gasteiger partial charge in [0.2, 0.25) is 0 Å². The molecule has 0 spiro atoms. The highest BCUT2D eigenvalue weighted by Gasteiger charge is 2.61. The Balaban J connectivity index is 1.08. The van der Waals surface area contributed by atoms with Crippen LogP contribution in [-0.2, 0) is 19.1 Å². The van der Waals surface area contributed by atoms with Gasteiger partial charge in [-0.25, -0.2) is 9.18 Å². The Morgan fingerprint density at radius 2 is 1.72 bits per heavy atom. The molecule has 0 bridgehead atoms. The first-order chi connectivity index (χ1) is 25.4. The third-order valence-electron chi connectivity index (χ3n) is 13.8. The molecule has 2 N–H and O–H groups in total. The lowest BCUT2D eigenvalue weighted by Crippen LogP contribution is -2.73. The van der Waals surface area contributed by atoms with Crippen molar-refractivity contribution >= 4 is 17.8 Å². The summed E-state index contributed by atoms with van der Waals surface area (Å²) in [6.45, 7) is 8.10. The van der Waals surface area contributed by atoms with Gasteiger partial charge in [0, 0.05) is 43.7 Å². The van der Waals surface area contributed by atoms with Gasteiger partial charge >= 0.3 is 6.09 Å². The standard InChI is InChI=1S/C42H60FN5O5/c1-42(2,3)53-41(51)45-33-24-47(22-30(33)25-11-6-5-7-12-25)37-32(43)21-29-36-39(37)52-35-20-27-14-9-8-13-26(27)19-34(35)48(36)23-31(38(29)49)40(50)44-17-16-28-15-10-18-46(28)4/h5-7,11-12,23,26-30,32-37,39H,8-10,13-22,24H2,1-4H3,(H,44,50)(H,45,51)/t26?,27?,28?,29?,30-,32?,33+,34?,35?,36?,37?,39?/m0/s1. The van der Waals surface area contributed by atoms with E-state index in [1.807, 2.05) is 45.2 Å². The van der Waals surface area contributed by atoms with Gasteiger partial charge in [-0.3, -0.25) is 14.5 Å². The van der Waals surface area contributed by atoms with Crippen molar-refractivity contribution in [2.24, 2.45) is 17.8 Å². The van der Waals surface area contributed by atoms with Crippen molar-refractivity contribution in [3.63, 3.8) is 0 Å². The number of nitrogens with one attached hydrogen (secondary N) is 2. The van der Waals surface area contributed by atoms with Crippen LogP contribution in [0, 0.1) is 17.8 Å². The summed E-state index contributed by atoms with van der Waals surface area (Å²) < 4.78 is 29.9. The number of ether oxygens (including phenoxy) is 2. The van der Waals surface area contributed by atoms with Crippen molar-refractivity contribution in [1.82, 2.24) is 25.3 Å². The first kappa shape index (κ1) is 36.9. The minimum Gasteiger partial charge on any atom is -0.444 e. The highest BCUT2D eigenvalue weighted by molar-refractivity contribution is 6.20. The van der Waals surface area contributed by atoms with E-state index in [-0.39, 0.29) is 53.8 Å². The van der Waals surface area contributed by atoms with Crippen LogP contribution in [0.15, 0.2) is 42.1 Å². The van der Waals surface area contributed by atoms with Gasteiger partial charge in [-0.05, 0) is 90.3 Å². The number of likely N-dealkylation sites (tertiary alicyclic amines) is 2. The predicted molar refractivity (Wildman–Crippen MR) is 200 cm³/mol. The van der Waals surface area contributed by atoms with Crippen molar-refractivity contribution in [1.29, 1.82) is 0 Å². The van der Waals surface area contributed by atoms with E-state index in [1.165, 1.54) is 32.1 Å². The molecular formula is C42H60FN5O5. The molecule has 12 atom stereocenters. The van der Waals surface area contributed by atoms with Crippen LogP contribution in [0.4, 0.5) is 9.18 Å². The minimum atomic E-state index is -1.34. The molecule has 7 aliphatic rings. The first-order valence-electron chi connectivity index (χ1n) is 20.5. The summed E-state index contributed by atoms with van der Waals surface area (Å²) in [6.07, 6.45) is 9.36. The Hall–Kier alpha value is -3.02. The number of halogens is 1. The van der Waals surface area contributed by atoms with Gasteiger partial charge in [-0.1, -0.05) is 56.0 Å². The fourth-order valence-electron chi connectivity index (χ4n) is 11.4. The van der Waals surface area contributed by atoms with E-state index < -0.39 is 35.9 Å². The highest BCUT2D eigenvalue weighted by atomic mass is 19.1. The number of amides is 2. The van der Waals surface area contributed by atoms with Crippen LogP contribution >= 0.6 is 0 Å². The third-order valence-corrected chi connectivity index (χ3v) is 13.8. The van der Waals surface area contributed by atoms with Crippen molar-refractivity contribution in [2.45, 2.75) is 145 Å². The lowest BCUT2D eigenvalue weighted by Gasteiger charge is -2.61. The molecule has 0 aromatic heterocycles. The molecule has 2 amide bonds. The van der Waals surface area contributed by atoms with E-state index >= 15 is 4.39 Å². The van der Waals surface area contributed by atoms with Crippen LogP contribution in [0.1, 0.15) is 96.5 Å². The van der Waals surface area contributed by atoms with E-state index in [4.69, 9.17) is 9.47 Å². The average Bonchev–Trinajstić information content (AvgIpc) is 3.73. The Labute approximate surface area is 314 Å². The molecule has 10 unspecified atom stereocenters. The van der Waals surface area contributed by atoms with Crippen LogP contribution in [0.25, 0.3) is 0 Å². The van der Waals surface area contributed by atoms with Crippen molar-refractivity contribution in [3.05, 3.63) is 47.7 Å². The number of carbonyl (C=O) groups excluding carboxylic acids is 3. The second-order valence-corrected chi connectivity index (χ2v) is 18.2. The maximum atomic E-state index is 17.1. The fourth-order valence-corrected chi connectivity index (χ4v) is 11.4. The molecule has 4 aliphatic heterocycles. The second-order valence-electron chi connectivity index (χ2n) is 18.2. The van der Waals surface area contributed by atoms with E-state index in [9.17, 15) is 14.4 Å². The predicted octanol–water partition coefficient (Wildman–Crippen LogP) is 5.18. The average molecular weight is 734 g/mol. The van der Waals surface area contributed by atoms with Gasteiger partial charge in [0.15, 0.2) is 5.78 Å². The second kappa shape index (κ2) is 14.9. The molecule has 6 fully saturated rings. The number of alkyl carbamates (subject to hydrolysis) is 1. The van der Waals surface area contributed by atoms with Crippen LogP contribution in [0.2, 0.25) is 0 Å². The van der Waals surface area contributed by atoms with Gasteiger partial charge in [-0.15, -0.1) is 0 Å². The largest absolute Gasteiger partial charge is 0.444 e. The van der Waals surface area contributed by atoms with Crippen molar-refractivity contribution < 1.29 is 28.2 Å². The molecule has 11 heteroatoms. The molecule has 1 aromatic carbocycles. The van der Waals surface area contributed by atoms with E-state index in [2.05, 4.69) is 44.5 Å². The van der Waals surface area contributed by atoms with Crippen LogP contribution in [0.5, 0.6) is 0 Å². The molecular weight excluding hydrogens is 673 g/mol. The number of hydrogen-bond donors (Lipinski definition) is 2. The molecule has 10 nitrogen and oxygen atoms in total. The Morgan fingerprint density at radius 1 is 0.962 bits per heavy atom. The summed E-state index contributed by atoms with van der Waals surface area (Å²) in [4.78, 5) is 48.1. The normalized spacial score (nSPS) is 38.7. The monoisotopic (exact) mass is 733 g/mol. The first-order valence-corrected chi connectivity index (χ1v) is 20.5. The number of nitrogens with zero attached hydrogens (tertiary/aromatic N) is 3. The summed E-state index contributed by atoms with van der Waals surface area (Å²) in [6, 6.07) is 9.35. The van der Waals surface area contributed by atoms with Crippen LogP contribution in [-0.4, -0.2) is 120 Å². The zero-order valence-electron chi connectivity index (χ0n) is 32.1. The minimum absolute atomic E-state index is 0.0438. The van der Waals surface area contributed by atoms with E-state index in [0.717, 1.165) is 37.8 Å². The molecule has 1 aromatic rings. The number of benzene rings is 1. The zero-order valence-corrected chi connectivity index (χ0v) is 32.1. The Morgan fingerprint density at radius 3 is 2.43 bits per heavy atom. The van der Waals surface area contributed by atoms with Crippen LogP contribution < -0.4 is 10.6 Å². The summed E-state index contributed by atoms with van der Waals surface area (Å²) >= 11 is 0. The third kappa shape index (κ3) is 7.39. The summed E-state index contributed by atoms with van der Waals surface area (Å²) in [5.74, 6) is -0.136. The topological polar surface area (TPSA) is 103 Å². The van der Waals surface area contributed by atoms with Crippen LogP contribution in [0.3, 0.4) is 0 Å². The molecule has 8 rings (SSSR count). The summed E-state index contributed by atoms with van der Waals surface area (Å²) in [5, 5.41) is 6.21. The summed E-state index contributed by atoms with van der Waals surface area (Å²) in [5.41, 5.74) is 0.603. The number of fused-ring (bicyclic) bond motifs is 3. The number of Topliss-reactive ketones (excluding diaryl/α,β-unsaturated/α-hetero) is 1. The van der Waals surface area contributed by atoms with Crippen molar-refractivity contribution in [2.75, 3.05) is 33.2 Å². The lowest BCUT2D eigenvalue weighted by atomic mass is 9.64. The highest BCUT2D eigenvalue weighted by Crippen LogP contribution is 2.51. The Bertz CT molecular complexity index is 1550. The van der Waals surface area contributed by atoms with Crippen molar-refractivity contribution in [3.8, 4) is 0 Å².